The molecule has 3 N–H and O–H groups in total. The molecule has 0 fully saturated rings. The van der Waals surface area contributed by atoms with Crippen LogP contribution in [0.5, 0.6) is 0 Å². The Morgan fingerprint density at radius 3 is 3.00 bits per heavy atom. The molecule has 6 heteroatoms. The summed E-state index contributed by atoms with van der Waals surface area (Å²) in [6.07, 6.45) is 0. The van der Waals surface area contributed by atoms with Crippen LogP contribution in [-0.2, 0) is 0 Å². The molecule has 0 saturated heterocycles. The number of guanidine groups is 2. The van der Waals surface area contributed by atoms with Crippen LogP contribution in [0.25, 0.3) is 0 Å². The van der Waals surface area contributed by atoms with Gasteiger partial charge in [0.15, 0.2) is 11.9 Å². The Hall–Kier alpha value is -1.46. The average Bonchev–Trinajstić information content (AvgIpc) is 2.85. The number of nitrogens with one attached hydrogen (secondary N) is 3. The van der Waals surface area contributed by atoms with Crippen LogP contribution in [0.3, 0.4) is 0 Å². The van der Waals surface area contributed by atoms with Gasteiger partial charge in [0.05, 0.1) is 19.1 Å². The topological polar surface area (TPSA) is 64.0 Å². The van der Waals surface area contributed by atoms with Gasteiger partial charge in [0.2, 0.25) is 0 Å². The first-order chi connectivity index (χ1) is 7.31. The first kappa shape index (κ1) is 10.1. The van der Waals surface area contributed by atoms with Gasteiger partial charge in [-0.05, 0) is 0 Å². The van der Waals surface area contributed by atoms with Crippen molar-refractivity contribution in [3.63, 3.8) is 0 Å². The highest BCUT2D eigenvalue weighted by molar-refractivity contribution is 5.82. The highest BCUT2D eigenvalue weighted by Crippen LogP contribution is 2.04. The predicted molar refractivity (Wildman–Crippen MR) is 61.2 cm³/mol. The number of aliphatic imine (C=N–C) groups is 2. The zero-order chi connectivity index (χ0) is 10.7. The van der Waals surface area contributed by atoms with E-state index in [1.54, 1.807) is 0 Å². The third-order valence-corrected chi connectivity index (χ3v) is 2.74. The molecule has 6 nitrogen and oxygen atoms in total. The fourth-order valence-corrected chi connectivity index (χ4v) is 1.79. The fraction of sp³-hybridized carbons (Fsp3) is 0.778. The minimum Gasteiger partial charge on any atom is -0.359 e. The molecule has 0 aromatic carbocycles. The van der Waals surface area contributed by atoms with E-state index >= 15 is 0 Å². The standard InChI is InChI=1S/C9H18N6/c1-10-9-14-6-7(15(9)2)5-13-8-11-3-4-12-8/h7H,3-6H2,1-2H3,(H,10,14)(H2,11,12,13). The summed E-state index contributed by atoms with van der Waals surface area (Å²) in [6.45, 7) is 3.53. The lowest BCUT2D eigenvalue weighted by atomic mass is 10.3. The van der Waals surface area contributed by atoms with Crippen molar-refractivity contribution in [1.29, 1.82) is 0 Å². The molecule has 0 saturated carbocycles. The lowest BCUT2D eigenvalue weighted by molar-refractivity contribution is 0.392. The Morgan fingerprint density at radius 2 is 2.40 bits per heavy atom. The van der Waals surface area contributed by atoms with Gasteiger partial charge in [-0.15, -0.1) is 0 Å². The summed E-state index contributed by atoms with van der Waals surface area (Å²) in [7, 11) is 3.95. The van der Waals surface area contributed by atoms with Crippen molar-refractivity contribution in [2.45, 2.75) is 6.04 Å². The van der Waals surface area contributed by atoms with E-state index in [2.05, 4.69) is 37.9 Å². The molecule has 0 aromatic rings. The van der Waals surface area contributed by atoms with Crippen molar-refractivity contribution in [2.75, 3.05) is 40.3 Å². The number of rotatable bonds is 2. The van der Waals surface area contributed by atoms with Gasteiger partial charge in [-0.2, -0.15) is 0 Å². The lowest BCUT2D eigenvalue weighted by Crippen LogP contribution is -2.47. The second-order valence-corrected chi connectivity index (χ2v) is 3.72. The van der Waals surface area contributed by atoms with Gasteiger partial charge in [-0.25, -0.2) is 0 Å². The monoisotopic (exact) mass is 210 g/mol. The van der Waals surface area contributed by atoms with Crippen molar-refractivity contribution >= 4 is 11.9 Å². The SMILES string of the molecule is CNC1=NCC(CNC2=NCCN2)N1C. The maximum atomic E-state index is 4.39. The fourth-order valence-electron chi connectivity index (χ4n) is 1.79. The Morgan fingerprint density at radius 1 is 1.53 bits per heavy atom. The Bertz CT molecular complexity index is 284. The maximum Gasteiger partial charge on any atom is 0.193 e. The molecule has 1 unspecified atom stereocenters. The second-order valence-electron chi connectivity index (χ2n) is 3.72. The molecular weight excluding hydrogens is 192 g/mol. The zero-order valence-electron chi connectivity index (χ0n) is 9.25. The molecular formula is C9H18N6. The minimum absolute atomic E-state index is 0.414. The molecule has 0 radical (unpaired) electrons. The summed E-state index contributed by atoms with van der Waals surface area (Å²) in [6, 6.07) is 0.414. The molecule has 1 atom stereocenters. The summed E-state index contributed by atoms with van der Waals surface area (Å²) in [5.41, 5.74) is 0. The molecule has 0 amide bonds. The van der Waals surface area contributed by atoms with Crippen molar-refractivity contribution in [1.82, 2.24) is 20.9 Å². The van der Waals surface area contributed by atoms with Crippen LogP contribution in [0.2, 0.25) is 0 Å². The maximum absolute atomic E-state index is 4.39. The lowest BCUT2D eigenvalue weighted by Gasteiger charge is -2.23. The zero-order valence-corrected chi connectivity index (χ0v) is 9.25. The van der Waals surface area contributed by atoms with Gasteiger partial charge < -0.3 is 20.9 Å². The Labute approximate surface area is 89.8 Å². The predicted octanol–water partition coefficient (Wildman–Crippen LogP) is -1.58. The van der Waals surface area contributed by atoms with Crippen LogP contribution in [0.4, 0.5) is 0 Å². The first-order valence-corrected chi connectivity index (χ1v) is 5.28. The van der Waals surface area contributed by atoms with Gasteiger partial charge in [0.25, 0.3) is 0 Å². The van der Waals surface area contributed by atoms with Gasteiger partial charge >= 0.3 is 0 Å². The summed E-state index contributed by atoms with van der Waals surface area (Å²) >= 11 is 0. The number of hydrogen-bond acceptors (Lipinski definition) is 6. The van der Waals surface area contributed by atoms with Crippen LogP contribution in [-0.4, -0.2) is 63.1 Å². The number of likely N-dealkylation sites (N-methyl/N-ethyl adjacent to an activating group) is 1. The summed E-state index contributed by atoms with van der Waals surface area (Å²) in [5, 5.41) is 9.56. The summed E-state index contributed by atoms with van der Waals surface area (Å²) < 4.78 is 0. The van der Waals surface area contributed by atoms with E-state index < -0.39 is 0 Å². The molecule has 2 rings (SSSR count). The van der Waals surface area contributed by atoms with Gasteiger partial charge in [-0.3, -0.25) is 9.98 Å². The van der Waals surface area contributed by atoms with E-state index in [0.717, 1.165) is 38.1 Å². The van der Waals surface area contributed by atoms with Crippen molar-refractivity contribution in [3.05, 3.63) is 0 Å². The van der Waals surface area contributed by atoms with Crippen molar-refractivity contribution in [3.8, 4) is 0 Å². The molecule has 0 bridgehead atoms. The summed E-state index contributed by atoms with van der Waals surface area (Å²) in [4.78, 5) is 10.8. The van der Waals surface area contributed by atoms with Gasteiger partial charge in [0, 0.05) is 27.2 Å². The second kappa shape index (κ2) is 4.37. The highest BCUT2D eigenvalue weighted by atomic mass is 15.4. The third kappa shape index (κ3) is 2.14. The molecule has 2 heterocycles. The molecule has 2 aliphatic rings. The van der Waals surface area contributed by atoms with E-state index in [1.165, 1.54) is 0 Å². The van der Waals surface area contributed by atoms with Gasteiger partial charge in [0.1, 0.15) is 0 Å². The van der Waals surface area contributed by atoms with Gasteiger partial charge in [-0.1, -0.05) is 0 Å². The molecule has 0 aliphatic carbocycles. The molecule has 0 aromatic heterocycles. The van der Waals surface area contributed by atoms with Crippen LogP contribution >= 0.6 is 0 Å². The Balaban J connectivity index is 1.77. The number of hydrogen-bond donors (Lipinski definition) is 3. The quantitative estimate of drug-likeness (QED) is 0.515. The van der Waals surface area contributed by atoms with E-state index in [1.807, 2.05) is 7.05 Å². The molecule has 15 heavy (non-hydrogen) atoms. The molecule has 84 valence electrons. The first-order valence-electron chi connectivity index (χ1n) is 5.28. The van der Waals surface area contributed by atoms with E-state index in [0.29, 0.717) is 6.04 Å². The van der Waals surface area contributed by atoms with Crippen LogP contribution in [0.15, 0.2) is 9.98 Å². The van der Waals surface area contributed by atoms with E-state index in [9.17, 15) is 0 Å². The normalized spacial score (nSPS) is 24.7. The van der Waals surface area contributed by atoms with Crippen molar-refractivity contribution in [2.24, 2.45) is 9.98 Å². The smallest absolute Gasteiger partial charge is 0.193 e. The van der Waals surface area contributed by atoms with Crippen LogP contribution in [0.1, 0.15) is 0 Å². The van der Waals surface area contributed by atoms with Crippen LogP contribution in [0, 0.1) is 0 Å². The molecule has 0 spiro atoms. The largest absolute Gasteiger partial charge is 0.359 e. The third-order valence-electron chi connectivity index (χ3n) is 2.74. The molecule has 2 aliphatic heterocycles. The Kier molecular flexibility index (Phi) is 2.94. The number of nitrogens with zero attached hydrogens (tertiary/aromatic N) is 3. The van der Waals surface area contributed by atoms with E-state index in [-0.39, 0.29) is 0 Å². The highest BCUT2D eigenvalue weighted by Gasteiger charge is 2.23. The van der Waals surface area contributed by atoms with E-state index in [4.69, 9.17) is 0 Å². The average molecular weight is 210 g/mol. The minimum atomic E-state index is 0.414. The summed E-state index contributed by atoms with van der Waals surface area (Å²) in [5.74, 6) is 1.88. The van der Waals surface area contributed by atoms with Crippen molar-refractivity contribution < 1.29 is 0 Å². The van der Waals surface area contributed by atoms with Crippen LogP contribution < -0.4 is 16.0 Å².